The maximum Gasteiger partial charge on any atom is 0.251 e. The number of hydrazine groups is 1. The number of piperidine rings is 1. The Kier molecular flexibility index (Phi) is 8.96. The summed E-state index contributed by atoms with van der Waals surface area (Å²) in [6.07, 6.45) is 7.26. The minimum Gasteiger partial charge on any atom is -0.494 e. The molecule has 2 aromatic carbocycles. The summed E-state index contributed by atoms with van der Waals surface area (Å²) in [5, 5.41) is 13.7. The van der Waals surface area contributed by atoms with Crippen molar-refractivity contribution in [2.24, 2.45) is 5.73 Å². The lowest BCUT2D eigenvalue weighted by molar-refractivity contribution is -0.122. The number of carbonyl (C=O) groups excluding carboxylic acids is 2. The Balaban J connectivity index is 1.36. The van der Waals surface area contributed by atoms with Crippen molar-refractivity contribution in [2.45, 2.75) is 31.7 Å². The number of nitrogens with one attached hydrogen (secondary N) is 2. The lowest BCUT2D eigenvalue weighted by atomic mass is 10.1. The number of primary amides is 1. The van der Waals surface area contributed by atoms with Gasteiger partial charge in [-0.05, 0) is 61.8 Å². The molecule has 2 aliphatic rings. The molecule has 2 amide bonds. The average molecular weight is 600 g/mol. The largest absolute Gasteiger partial charge is 0.494 e. The number of benzene rings is 2. The fraction of sp³-hybridized carbons (Fsp3) is 0.357. The van der Waals surface area contributed by atoms with Gasteiger partial charge in [0.15, 0.2) is 11.9 Å². The molecule has 1 fully saturated rings. The highest BCUT2D eigenvalue weighted by Gasteiger charge is 2.35. The fourth-order valence-electron chi connectivity index (χ4n) is 5.12. The Morgan fingerprint density at radius 3 is 2.59 bits per heavy atom. The minimum absolute atomic E-state index is 0.188. The third kappa shape index (κ3) is 6.42. The van der Waals surface area contributed by atoms with Crippen molar-refractivity contribution in [1.29, 1.82) is 0 Å². The quantitative estimate of drug-likeness (QED) is 0.322. The van der Waals surface area contributed by atoms with Crippen molar-refractivity contribution in [3.8, 4) is 5.75 Å². The summed E-state index contributed by atoms with van der Waals surface area (Å²) >= 11 is 12.9. The fourth-order valence-corrected chi connectivity index (χ4v) is 5.66. The number of hydrogen-bond acceptors (Lipinski definition) is 8. The molecule has 3 heterocycles. The van der Waals surface area contributed by atoms with Crippen molar-refractivity contribution in [3.05, 3.63) is 75.9 Å². The molecule has 1 unspecified atom stereocenters. The van der Waals surface area contributed by atoms with Crippen molar-refractivity contribution >= 4 is 46.4 Å². The van der Waals surface area contributed by atoms with Crippen molar-refractivity contribution < 1.29 is 14.3 Å². The molecule has 1 atom stereocenters. The van der Waals surface area contributed by atoms with Crippen LogP contribution in [0.25, 0.3) is 5.70 Å². The Morgan fingerprint density at radius 2 is 1.88 bits per heavy atom. The van der Waals surface area contributed by atoms with Crippen LogP contribution in [0.15, 0.2) is 48.9 Å². The zero-order valence-corrected chi connectivity index (χ0v) is 24.2. The molecule has 0 radical (unpaired) electrons. The van der Waals surface area contributed by atoms with Gasteiger partial charge in [-0.3, -0.25) is 24.6 Å². The first-order valence-electron chi connectivity index (χ1n) is 13.4. The highest BCUT2D eigenvalue weighted by atomic mass is 35.5. The highest BCUT2D eigenvalue weighted by Crippen LogP contribution is 2.35. The van der Waals surface area contributed by atoms with Crippen LogP contribution in [0.5, 0.6) is 5.75 Å². The number of fused-ring (bicyclic) bond motifs is 1. The number of nitrogens with zero attached hydrogens (tertiary/aromatic N) is 5. The number of anilines is 1. The molecular weight excluding hydrogens is 567 g/mol. The van der Waals surface area contributed by atoms with Gasteiger partial charge < -0.3 is 20.7 Å². The van der Waals surface area contributed by atoms with Crippen LogP contribution in [0.2, 0.25) is 10.0 Å². The number of allylic oxidation sites excluding steroid dienone is 1. The molecule has 13 heteroatoms. The summed E-state index contributed by atoms with van der Waals surface area (Å²) in [5.41, 5.74) is 11.4. The normalized spacial score (nSPS) is 17.0. The summed E-state index contributed by atoms with van der Waals surface area (Å²) in [7, 11) is 1.51. The van der Waals surface area contributed by atoms with Crippen LogP contribution in [0.1, 0.15) is 47.1 Å². The van der Waals surface area contributed by atoms with Crippen molar-refractivity contribution in [3.63, 3.8) is 0 Å². The number of nitrogens with two attached hydrogens (primary N) is 1. The average Bonchev–Trinajstić information content (AvgIpc) is 3.45. The Labute approximate surface area is 248 Å². The van der Waals surface area contributed by atoms with E-state index in [1.54, 1.807) is 52.2 Å². The Bertz CT molecular complexity index is 1430. The lowest BCUT2D eigenvalue weighted by Gasteiger charge is -2.34. The molecule has 5 rings (SSSR count). The second kappa shape index (κ2) is 12.8. The van der Waals surface area contributed by atoms with Gasteiger partial charge in [-0.1, -0.05) is 35.7 Å². The lowest BCUT2D eigenvalue weighted by Crippen LogP contribution is -2.42. The van der Waals surface area contributed by atoms with Crippen LogP contribution >= 0.6 is 23.2 Å². The number of aromatic nitrogens is 3. The number of halogens is 2. The van der Waals surface area contributed by atoms with E-state index in [1.165, 1.54) is 32.7 Å². The SMILES string of the molecule is COc1cc(C(=O)NCCN2CCCCC2)ccc1NN1C=C(Cc2c(Cl)cccc2Cl)n2cnnc2C1C(N)=O. The van der Waals surface area contributed by atoms with Gasteiger partial charge in [-0.15, -0.1) is 10.2 Å². The van der Waals surface area contributed by atoms with Gasteiger partial charge in [0.2, 0.25) is 5.91 Å². The Morgan fingerprint density at radius 1 is 1.12 bits per heavy atom. The van der Waals surface area contributed by atoms with E-state index in [2.05, 4.69) is 25.8 Å². The highest BCUT2D eigenvalue weighted by molar-refractivity contribution is 6.36. The topological polar surface area (TPSA) is 131 Å². The van der Waals surface area contributed by atoms with Gasteiger partial charge >= 0.3 is 0 Å². The van der Waals surface area contributed by atoms with Crippen LogP contribution < -0.4 is 21.2 Å². The van der Waals surface area contributed by atoms with E-state index in [0.29, 0.717) is 57.1 Å². The van der Waals surface area contributed by atoms with E-state index in [-0.39, 0.29) is 5.91 Å². The summed E-state index contributed by atoms with van der Waals surface area (Å²) in [5.74, 6) is -0.0874. The molecular formula is C28H32Cl2N8O3. The predicted molar refractivity (Wildman–Crippen MR) is 157 cm³/mol. The monoisotopic (exact) mass is 598 g/mol. The van der Waals surface area contributed by atoms with Gasteiger partial charge in [-0.25, -0.2) is 0 Å². The molecule has 216 valence electrons. The van der Waals surface area contributed by atoms with E-state index in [1.807, 2.05) is 0 Å². The zero-order chi connectivity index (χ0) is 28.9. The molecule has 41 heavy (non-hydrogen) atoms. The first-order valence-corrected chi connectivity index (χ1v) is 14.2. The van der Waals surface area contributed by atoms with Crippen molar-refractivity contribution in [2.75, 3.05) is 38.7 Å². The van der Waals surface area contributed by atoms with Crippen molar-refractivity contribution in [1.82, 2.24) is 30.0 Å². The van der Waals surface area contributed by atoms with Crippen LogP contribution in [0.4, 0.5) is 5.69 Å². The third-order valence-electron chi connectivity index (χ3n) is 7.26. The second-order valence-electron chi connectivity index (χ2n) is 9.95. The van der Waals surface area contributed by atoms with Crippen LogP contribution in [0.3, 0.4) is 0 Å². The number of hydrogen-bond donors (Lipinski definition) is 3. The molecule has 2 aliphatic heterocycles. The predicted octanol–water partition coefficient (Wildman–Crippen LogP) is 3.72. The summed E-state index contributed by atoms with van der Waals surface area (Å²) in [6, 6.07) is 9.38. The number of amides is 2. The molecule has 3 aromatic rings. The molecule has 0 bridgehead atoms. The Hall–Kier alpha value is -3.80. The molecule has 0 spiro atoms. The smallest absolute Gasteiger partial charge is 0.251 e. The number of ether oxygens (including phenoxy) is 1. The van der Waals surface area contributed by atoms with Gasteiger partial charge in [0, 0.05) is 47.0 Å². The first kappa shape index (κ1) is 28.7. The molecule has 1 aromatic heterocycles. The number of carbonyl (C=O) groups is 2. The van der Waals surface area contributed by atoms with Crippen LogP contribution in [0, 0.1) is 0 Å². The maximum absolute atomic E-state index is 12.9. The number of rotatable bonds is 10. The molecule has 1 saturated heterocycles. The van der Waals surface area contributed by atoms with Gasteiger partial charge in [-0.2, -0.15) is 0 Å². The van der Waals surface area contributed by atoms with Gasteiger partial charge in [0.25, 0.3) is 5.91 Å². The van der Waals surface area contributed by atoms with E-state index < -0.39 is 11.9 Å². The van der Waals surface area contributed by atoms with Gasteiger partial charge in [0.05, 0.1) is 12.8 Å². The summed E-state index contributed by atoms with van der Waals surface area (Å²) < 4.78 is 7.30. The second-order valence-corrected chi connectivity index (χ2v) is 10.8. The van der Waals surface area contributed by atoms with E-state index >= 15 is 0 Å². The molecule has 11 nitrogen and oxygen atoms in total. The summed E-state index contributed by atoms with van der Waals surface area (Å²) in [4.78, 5) is 27.8. The number of methoxy groups -OCH3 is 1. The molecule has 0 saturated carbocycles. The maximum atomic E-state index is 12.9. The van der Waals surface area contributed by atoms with Crippen LogP contribution in [-0.2, 0) is 11.2 Å². The van der Waals surface area contributed by atoms with E-state index in [0.717, 1.165) is 19.6 Å². The third-order valence-corrected chi connectivity index (χ3v) is 7.97. The molecule has 0 aliphatic carbocycles. The minimum atomic E-state index is -0.981. The van der Waals surface area contributed by atoms with Crippen LogP contribution in [-0.4, -0.2) is 69.8 Å². The summed E-state index contributed by atoms with van der Waals surface area (Å²) in [6.45, 7) is 3.54. The standard InChI is InChI=1S/C28H32Cl2N8O3/c1-41-24-14-18(28(40)32-10-13-36-11-3-2-4-12-36)8-9-23(24)35-38-16-19(15-20-21(29)6-5-7-22(20)30)37-17-33-34-27(37)25(38)26(31)39/h5-9,14,16-17,25,35H,2-4,10-13,15H2,1H3,(H2,31,39)(H,32,40). The zero-order valence-electron chi connectivity index (χ0n) is 22.6. The van der Waals surface area contributed by atoms with E-state index in [4.69, 9.17) is 33.7 Å². The first-order chi connectivity index (χ1) is 19.9. The van der Waals surface area contributed by atoms with Gasteiger partial charge in [0.1, 0.15) is 12.1 Å². The molecule has 4 N–H and O–H groups in total. The number of likely N-dealkylation sites (tertiary alicyclic amines) is 1. The van der Waals surface area contributed by atoms with E-state index in [9.17, 15) is 9.59 Å².